The van der Waals surface area contributed by atoms with Crippen molar-refractivity contribution in [1.29, 1.82) is 0 Å². The monoisotopic (exact) mass is 923 g/mol. The molecule has 0 heterocycles. The Balaban J connectivity index is 2.55. The standard InChI is InChI=1S/C50H84NO12P/c1-6-8-10-11-12-13-14-15-16-17-18-19-20-21-22-23-24-25-27-33-50(57)63-44(41-62-64(58,59)61-37-36-51(3,4)5)40-60-49(56)32-29-28-31-43(53)38-46-45(47(54)39-48(46)55)35-34-42(52)30-26-9-7-2/h12-13,15-16,18-19,21-22,24-25,34-35,42,44-48,52,54-55H,6-11,14,17,20,23,26-33,36-41H2,1-5H3/p+1/b13-12-,16-15-,19-18-,22-21-,25-24-,35-34+/t42-,44+,45+,46+,47+,48-/m0/s1. The minimum Gasteiger partial charge on any atom is -0.462 e. The SMILES string of the molecule is CCCCC/C=C\C/C=C\C/C=C\C/C=C\C/C=C\CCC(=O)O[C@H](COC(=O)CCCCC(=O)C[C@@H]1[C@@H](/C=C/[C@@H](O)CCCCC)[C@H](O)C[C@@H]1O)COP(=O)(O)OCC[N+](C)(C)C. The predicted molar refractivity (Wildman–Crippen MR) is 254 cm³/mol. The molecule has 64 heavy (non-hydrogen) atoms. The van der Waals surface area contributed by atoms with Gasteiger partial charge in [-0.3, -0.25) is 23.4 Å². The molecule has 0 bridgehead atoms. The second-order valence-electron chi connectivity index (χ2n) is 17.8. The van der Waals surface area contributed by atoms with Crippen molar-refractivity contribution in [2.45, 2.75) is 167 Å². The number of carbonyl (C=O) groups excluding carboxylic acids is 3. The molecule has 0 aromatic rings. The number of Topliss-reactive ketones (excluding diaryl/α,β-unsaturated/α-hetero) is 1. The minimum absolute atomic E-state index is 0.0161. The number of hydrogen-bond acceptors (Lipinski definition) is 11. The first-order chi connectivity index (χ1) is 30.6. The number of carbonyl (C=O) groups is 3. The lowest BCUT2D eigenvalue weighted by molar-refractivity contribution is -0.870. The van der Waals surface area contributed by atoms with E-state index >= 15 is 0 Å². The van der Waals surface area contributed by atoms with Crippen LogP contribution in [0.1, 0.15) is 142 Å². The summed E-state index contributed by atoms with van der Waals surface area (Å²) in [6.45, 7) is 3.75. The average molecular weight is 923 g/mol. The molecule has 0 aromatic carbocycles. The van der Waals surface area contributed by atoms with Crippen LogP contribution >= 0.6 is 7.82 Å². The highest BCUT2D eigenvalue weighted by Crippen LogP contribution is 2.43. The van der Waals surface area contributed by atoms with Gasteiger partial charge in [-0.25, -0.2) is 4.57 Å². The average Bonchev–Trinajstić information content (AvgIpc) is 3.49. The topological polar surface area (TPSA) is 186 Å². The van der Waals surface area contributed by atoms with Crippen molar-refractivity contribution in [1.82, 2.24) is 0 Å². The molecule has 13 nitrogen and oxygen atoms in total. The van der Waals surface area contributed by atoms with Crippen LogP contribution in [-0.4, -0.2) is 114 Å². The molecule has 0 saturated heterocycles. The van der Waals surface area contributed by atoms with Crippen LogP contribution in [0.3, 0.4) is 0 Å². The number of quaternary nitrogens is 1. The van der Waals surface area contributed by atoms with E-state index in [4.69, 9.17) is 18.5 Å². The molecule has 1 rings (SSSR count). The van der Waals surface area contributed by atoms with Gasteiger partial charge in [0.05, 0.1) is 46.1 Å². The number of esters is 2. The maximum atomic E-state index is 12.9. The number of phosphoric acid groups is 1. The Labute approximate surface area is 385 Å². The molecular formula is C50H85NO12P+. The first kappa shape index (κ1) is 59.0. The van der Waals surface area contributed by atoms with Crippen LogP contribution in [0.25, 0.3) is 0 Å². The van der Waals surface area contributed by atoms with E-state index in [9.17, 15) is 39.2 Å². The Morgan fingerprint density at radius 3 is 1.89 bits per heavy atom. The second-order valence-corrected chi connectivity index (χ2v) is 19.2. The van der Waals surface area contributed by atoms with E-state index in [1.807, 2.05) is 33.3 Å². The molecular weight excluding hydrogens is 838 g/mol. The van der Waals surface area contributed by atoms with Gasteiger partial charge in [-0.05, 0) is 64.2 Å². The molecule has 0 aromatic heterocycles. The van der Waals surface area contributed by atoms with Gasteiger partial charge < -0.3 is 34.2 Å². The van der Waals surface area contributed by atoms with Crippen LogP contribution < -0.4 is 0 Å². The van der Waals surface area contributed by atoms with Gasteiger partial charge >= 0.3 is 19.8 Å². The Kier molecular flexibility index (Phi) is 33.3. The van der Waals surface area contributed by atoms with Gasteiger partial charge in [0.25, 0.3) is 0 Å². The van der Waals surface area contributed by atoms with Gasteiger partial charge in [0, 0.05) is 43.9 Å². The number of aliphatic hydroxyl groups excluding tert-OH is 3. The summed E-state index contributed by atoms with van der Waals surface area (Å²) in [4.78, 5) is 48.5. The number of ether oxygens (including phenoxy) is 2. The van der Waals surface area contributed by atoms with Gasteiger partial charge in [-0.15, -0.1) is 0 Å². The van der Waals surface area contributed by atoms with Crippen LogP contribution in [0.2, 0.25) is 0 Å². The molecule has 1 aliphatic rings. The first-order valence-electron chi connectivity index (χ1n) is 23.8. The highest BCUT2D eigenvalue weighted by Gasteiger charge is 2.41. The van der Waals surface area contributed by atoms with Crippen LogP contribution in [-0.2, 0) is 37.5 Å². The van der Waals surface area contributed by atoms with E-state index in [-0.39, 0.29) is 44.5 Å². The fourth-order valence-electron chi connectivity index (χ4n) is 6.87. The normalized spacial score (nSPS) is 20.4. The minimum atomic E-state index is -4.49. The Bertz CT molecular complexity index is 1500. The third-order valence-corrected chi connectivity index (χ3v) is 11.7. The fourth-order valence-corrected chi connectivity index (χ4v) is 7.62. The quantitative estimate of drug-likeness (QED) is 0.0151. The van der Waals surface area contributed by atoms with Gasteiger partial charge in [-0.2, -0.15) is 0 Å². The maximum Gasteiger partial charge on any atom is 0.472 e. The highest BCUT2D eigenvalue weighted by atomic mass is 31.2. The van der Waals surface area contributed by atoms with E-state index in [0.717, 1.165) is 44.9 Å². The van der Waals surface area contributed by atoms with Gasteiger partial charge in [0.2, 0.25) is 0 Å². The number of aliphatic hydroxyl groups is 3. The number of allylic oxidation sites excluding steroid dienone is 10. The van der Waals surface area contributed by atoms with E-state index in [1.165, 1.54) is 19.3 Å². The highest BCUT2D eigenvalue weighted by molar-refractivity contribution is 7.47. The summed E-state index contributed by atoms with van der Waals surface area (Å²) >= 11 is 0. The first-order valence-corrected chi connectivity index (χ1v) is 25.3. The molecule has 7 atom stereocenters. The number of likely N-dealkylation sites (N-methyl/N-ethyl adjacent to an activating group) is 1. The number of hydrogen-bond donors (Lipinski definition) is 4. The predicted octanol–water partition coefficient (Wildman–Crippen LogP) is 9.36. The van der Waals surface area contributed by atoms with Crippen molar-refractivity contribution < 1.29 is 62.2 Å². The summed E-state index contributed by atoms with van der Waals surface area (Å²) in [5, 5.41) is 31.4. The largest absolute Gasteiger partial charge is 0.472 e. The van der Waals surface area contributed by atoms with E-state index in [1.54, 1.807) is 12.2 Å². The summed E-state index contributed by atoms with van der Waals surface area (Å²) in [7, 11) is 1.22. The van der Waals surface area contributed by atoms with Crippen LogP contribution in [0, 0.1) is 11.8 Å². The Morgan fingerprint density at radius 2 is 1.28 bits per heavy atom. The van der Waals surface area contributed by atoms with Crippen molar-refractivity contribution in [3.8, 4) is 0 Å². The zero-order chi connectivity index (χ0) is 47.5. The van der Waals surface area contributed by atoms with Gasteiger partial charge in [-0.1, -0.05) is 119 Å². The molecule has 4 N–H and O–H groups in total. The zero-order valence-electron chi connectivity index (χ0n) is 39.8. The maximum absolute atomic E-state index is 12.9. The molecule has 1 unspecified atom stereocenters. The lowest BCUT2D eigenvalue weighted by atomic mass is 9.87. The zero-order valence-corrected chi connectivity index (χ0v) is 40.7. The Morgan fingerprint density at radius 1 is 0.703 bits per heavy atom. The molecule has 1 saturated carbocycles. The number of rotatable bonds is 38. The van der Waals surface area contributed by atoms with Gasteiger partial charge in [0.15, 0.2) is 6.10 Å². The molecule has 0 spiro atoms. The van der Waals surface area contributed by atoms with Crippen molar-refractivity contribution in [3.05, 3.63) is 72.9 Å². The summed E-state index contributed by atoms with van der Waals surface area (Å²) in [5.74, 6) is -2.19. The van der Waals surface area contributed by atoms with Crippen molar-refractivity contribution in [2.75, 3.05) is 47.5 Å². The third kappa shape index (κ3) is 32.6. The number of nitrogens with zero attached hydrogens (tertiary/aromatic N) is 1. The van der Waals surface area contributed by atoms with E-state index < -0.39 is 69.2 Å². The molecule has 0 radical (unpaired) electrons. The van der Waals surface area contributed by atoms with E-state index in [0.29, 0.717) is 43.1 Å². The molecule has 366 valence electrons. The van der Waals surface area contributed by atoms with Crippen LogP contribution in [0.15, 0.2) is 72.9 Å². The second kappa shape index (κ2) is 36.2. The number of phosphoric ester groups is 1. The molecule has 1 fully saturated rings. The summed E-state index contributed by atoms with van der Waals surface area (Å²) in [5.41, 5.74) is 0. The fraction of sp³-hybridized carbons (Fsp3) is 0.700. The van der Waals surface area contributed by atoms with E-state index in [2.05, 4.69) is 62.5 Å². The van der Waals surface area contributed by atoms with Crippen molar-refractivity contribution >= 4 is 25.5 Å². The lowest BCUT2D eigenvalue weighted by Crippen LogP contribution is -2.37. The number of unbranched alkanes of at least 4 members (excludes halogenated alkanes) is 6. The third-order valence-electron chi connectivity index (χ3n) is 10.7. The summed E-state index contributed by atoms with van der Waals surface area (Å²) < 4.78 is 34.1. The van der Waals surface area contributed by atoms with Gasteiger partial charge in [0.1, 0.15) is 25.5 Å². The molecule has 0 aliphatic heterocycles. The van der Waals surface area contributed by atoms with Crippen LogP contribution in [0.5, 0.6) is 0 Å². The lowest BCUT2D eigenvalue weighted by Gasteiger charge is -2.24. The molecule has 0 amide bonds. The van der Waals surface area contributed by atoms with Crippen molar-refractivity contribution in [3.63, 3.8) is 0 Å². The summed E-state index contributed by atoms with van der Waals surface area (Å²) in [6.07, 6.45) is 34.6. The van der Waals surface area contributed by atoms with Crippen LogP contribution in [0.4, 0.5) is 0 Å². The molecule has 1 aliphatic carbocycles. The summed E-state index contributed by atoms with van der Waals surface area (Å²) in [6, 6.07) is 0. The molecule has 14 heteroatoms. The Hall–Kier alpha value is -3.00. The smallest absolute Gasteiger partial charge is 0.462 e. The number of ketones is 1. The van der Waals surface area contributed by atoms with Crippen molar-refractivity contribution in [2.24, 2.45) is 11.8 Å².